The van der Waals surface area contributed by atoms with Gasteiger partial charge in [0.2, 0.25) is 0 Å². The van der Waals surface area contributed by atoms with E-state index in [2.05, 4.69) is 33.1 Å². The number of alkyl halides is 1. The lowest BCUT2D eigenvalue weighted by atomic mass is 10.2. The molecule has 1 heterocycles. The highest BCUT2D eigenvalue weighted by molar-refractivity contribution is 9.09. The minimum Gasteiger partial charge on any atom is -0.142 e. The molecular formula is C11H10BrClN2S. The van der Waals surface area contributed by atoms with Crippen LogP contribution in [0.2, 0.25) is 5.02 Å². The standard InChI is InChI=1S/C11H10BrClN2S/c1-2-9(12)11-15-14-10(16-11)7-4-3-5-8(13)6-7/h3-6,9H,2H2,1H3. The van der Waals surface area contributed by atoms with E-state index in [1.54, 1.807) is 11.3 Å². The van der Waals surface area contributed by atoms with Gasteiger partial charge in [0.15, 0.2) is 0 Å². The van der Waals surface area contributed by atoms with Gasteiger partial charge in [-0.2, -0.15) is 0 Å². The summed E-state index contributed by atoms with van der Waals surface area (Å²) in [4.78, 5) is 0.290. The van der Waals surface area contributed by atoms with Crippen molar-refractivity contribution < 1.29 is 0 Å². The molecule has 2 nitrogen and oxygen atoms in total. The first-order valence-electron chi connectivity index (χ1n) is 4.94. The second-order valence-corrected chi connectivity index (χ2v) is 5.88. The van der Waals surface area contributed by atoms with Gasteiger partial charge in [-0.3, -0.25) is 0 Å². The molecule has 0 aliphatic rings. The Labute approximate surface area is 112 Å². The molecule has 0 fully saturated rings. The summed E-state index contributed by atoms with van der Waals surface area (Å²) in [5.74, 6) is 0. The zero-order valence-electron chi connectivity index (χ0n) is 8.65. The topological polar surface area (TPSA) is 25.8 Å². The summed E-state index contributed by atoms with van der Waals surface area (Å²) in [6.07, 6.45) is 1.00. The van der Waals surface area contributed by atoms with Crippen LogP contribution in [0.25, 0.3) is 10.6 Å². The predicted molar refractivity (Wildman–Crippen MR) is 72.3 cm³/mol. The summed E-state index contributed by atoms with van der Waals surface area (Å²) < 4.78 is 0. The largest absolute Gasteiger partial charge is 0.147 e. The molecule has 0 saturated carbocycles. The zero-order valence-corrected chi connectivity index (χ0v) is 11.8. The molecule has 2 rings (SSSR count). The van der Waals surface area contributed by atoms with Gasteiger partial charge in [0.25, 0.3) is 0 Å². The molecule has 0 N–H and O–H groups in total. The summed E-state index contributed by atoms with van der Waals surface area (Å²) in [7, 11) is 0. The summed E-state index contributed by atoms with van der Waals surface area (Å²) in [5.41, 5.74) is 1.02. The van der Waals surface area contributed by atoms with Crippen LogP contribution in [0.1, 0.15) is 23.2 Å². The summed E-state index contributed by atoms with van der Waals surface area (Å²) in [6, 6.07) is 7.67. The Morgan fingerprint density at radius 2 is 2.25 bits per heavy atom. The van der Waals surface area contributed by atoms with Gasteiger partial charge in [0.05, 0.1) is 4.83 Å². The Hall–Kier alpha value is -0.450. The molecule has 0 aliphatic heterocycles. The van der Waals surface area contributed by atoms with Crippen molar-refractivity contribution in [2.45, 2.75) is 18.2 Å². The van der Waals surface area contributed by atoms with E-state index in [0.29, 0.717) is 0 Å². The number of rotatable bonds is 3. The lowest BCUT2D eigenvalue weighted by Crippen LogP contribution is -1.84. The second kappa shape index (κ2) is 5.25. The Morgan fingerprint density at radius 3 is 2.94 bits per heavy atom. The fourth-order valence-corrected chi connectivity index (χ4v) is 2.74. The first-order chi connectivity index (χ1) is 7.70. The summed E-state index contributed by atoms with van der Waals surface area (Å²) >= 11 is 11.1. The van der Waals surface area contributed by atoms with E-state index in [9.17, 15) is 0 Å². The van der Waals surface area contributed by atoms with Crippen molar-refractivity contribution in [1.82, 2.24) is 10.2 Å². The third-order valence-corrected chi connectivity index (χ3v) is 4.84. The average molecular weight is 318 g/mol. The van der Waals surface area contributed by atoms with Crippen LogP contribution in [0.3, 0.4) is 0 Å². The molecule has 0 amide bonds. The maximum absolute atomic E-state index is 5.94. The molecule has 0 saturated heterocycles. The second-order valence-electron chi connectivity index (χ2n) is 3.33. The van der Waals surface area contributed by atoms with E-state index in [4.69, 9.17) is 11.6 Å². The highest BCUT2D eigenvalue weighted by atomic mass is 79.9. The van der Waals surface area contributed by atoms with Crippen LogP contribution in [-0.2, 0) is 0 Å². The van der Waals surface area contributed by atoms with Gasteiger partial charge in [0.1, 0.15) is 10.0 Å². The van der Waals surface area contributed by atoms with Crippen molar-refractivity contribution in [2.75, 3.05) is 0 Å². The van der Waals surface area contributed by atoms with Crippen molar-refractivity contribution in [3.8, 4) is 10.6 Å². The molecular weight excluding hydrogens is 308 g/mol. The van der Waals surface area contributed by atoms with Crippen LogP contribution >= 0.6 is 38.9 Å². The smallest absolute Gasteiger partial charge is 0.142 e. The van der Waals surface area contributed by atoms with Gasteiger partial charge < -0.3 is 0 Å². The number of benzene rings is 1. The molecule has 84 valence electrons. The van der Waals surface area contributed by atoms with Crippen molar-refractivity contribution >= 4 is 38.9 Å². The molecule has 0 bridgehead atoms. The quantitative estimate of drug-likeness (QED) is 0.767. The fourth-order valence-electron chi connectivity index (χ4n) is 1.27. The average Bonchev–Trinajstić information content (AvgIpc) is 2.77. The van der Waals surface area contributed by atoms with Crippen LogP contribution in [0.15, 0.2) is 24.3 Å². The molecule has 16 heavy (non-hydrogen) atoms. The van der Waals surface area contributed by atoms with E-state index in [1.807, 2.05) is 24.3 Å². The van der Waals surface area contributed by atoms with E-state index < -0.39 is 0 Å². The van der Waals surface area contributed by atoms with Crippen molar-refractivity contribution in [3.05, 3.63) is 34.3 Å². The van der Waals surface area contributed by atoms with Gasteiger partial charge in [-0.05, 0) is 18.6 Å². The van der Waals surface area contributed by atoms with Gasteiger partial charge in [-0.25, -0.2) is 0 Å². The van der Waals surface area contributed by atoms with Crippen molar-refractivity contribution in [3.63, 3.8) is 0 Å². The molecule has 1 aromatic carbocycles. The van der Waals surface area contributed by atoms with Crippen LogP contribution in [0.4, 0.5) is 0 Å². The number of hydrogen-bond donors (Lipinski definition) is 0. The molecule has 2 aromatic rings. The highest BCUT2D eigenvalue weighted by Gasteiger charge is 2.12. The number of nitrogens with zero attached hydrogens (tertiary/aromatic N) is 2. The fraction of sp³-hybridized carbons (Fsp3) is 0.273. The maximum Gasteiger partial charge on any atom is 0.147 e. The summed E-state index contributed by atoms with van der Waals surface area (Å²) in [5, 5.41) is 11.0. The molecule has 1 atom stereocenters. The van der Waals surface area contributed by atoms with Crippen LogP contribution in [-0.4, -0.2) is 10.2 Å². The van der Waals surface area contributed by atoms with Crippen molar-refractivity contribution in [1.29, 1.82) is 0 Å². The molecule has 0 spiro atoms. The molecule has 5 heteroatoms. The Bertz CT molecular complexity index is 486. The minimum atomic E-state index is 0.290. The van der Waals surface area contributed by atoms with Gasteiger partial charge in [0, 0.05) is 10.6 Å². The Morgan fingerprint density at radius 1 is 1.44 bits per heavy atom. The van der Waals surface area contributed by atoms with Crippen LogP contribution in [0.5, 0.6) is 0 Å². The third-order valence-electron chi connectivity index (χ3n) is 2.14. The number of aromatic nitrogens is 2. The third kappa shape index (κ3) is 2.62. The van der Waals surface area contributed by atoms with Gasteiger partial charge >= 0.3 is 0 Å². The maximum atomic E-state index is 5.94. The van der Waals surface area contributed by atoms with E-state index in [1.165, 1.54) is 0 Å². The first kappa shape index (κ1) is 12.0. The normalized spacial score (nSPS) is 12.7. The Balaban J connectivity index is 2.31. The first-order valence-corrected chi connectivity index (χ1v) is 7.05. The molecule has 0 radical (unpaired) electrons. The molecule has 0 aliphatic carbocycles. The predicted octanol–water partition coefficient (Wildman–Crippen LogP) is 4.70. The highest BCUT2D eigenvalue weighted by Crippen LogP contribution is 2.33. The minimum absolute atomic E-state index is 0.290. The molecule has 1 aromatic heterocycles. The lowest BCUT2D eigenvalue weighted by molar-refractivity contribution is 0.870. The monoisotopic (exact) mass is 316 g/mol. The van der Waals surface area contributed by atoms with Gasteiger partial charge in [-0.15, -0.1) is 10.2 Å². The van der Waals surface area contributed by atoms with E-state index in [-0.39, 0.29) is 4.83 Å². The van der Waals surface area contributed by atoms with Crippen LogP contribution in [0, 0.1) is 0 Å². The van der Waals surface area contributed by atoms with E-state index in [0.717, 1.165) is 27.0 Å². The number of hydrogen-bond acceptors (Lipinski definition) is 3. The van der Waals surface area contributed by atoms with Crippen LogP contribution < -0.4 is 0 Å². The van der Waals surface area contributed by atoms with Gasteiger partial charge in [-0.1, -0.05) is 57.9 Å². The zero-order chi connectivity index (χ0) is 11.5. The summed E-state index contributed by atoms with van der Waals surface area (Å²) in [6.45, 7) is 2.11. The van der Waals surface area contributed by atoms with E-state index >= 15 is 0 Å². The SMILES string of the molecule is CCC(Br)c1nnc(-c2cccc(Cl)c2)s1. The lowest BCUT2D eigenvalue weighted by Gasteiger charge is -1.98. The Kier molecular flexibility index (Phi) is 3.95. The molecule has 1 unspecified atom stereocenters. The number of halogens is 2. The van der Waals surface area contributed by atoms with Crippen molar-refractivity contribution in [2.24, 2.45) is 0 Å².